The minimum Gasteiger partial charge on any atom is -0.455 e. The van der Waals surface area contributed by atoms with Crippen LogP contribution in [0.1, 0.15) is 56.3 Å². The van der Waals surface area contributed by atoms with E-state index in [1.807, 2.05) is 36.4 Å². The summed E-state index contributed by atoms with van der Waals surface area (Å²) < 4.78 is 35.5. The molecule has 9 nitrogen and oxygen atoms in total. The van der Waals surface area contributed by atoms with E-state index in [0.717, 1.165) is 37.6 Å². The minimum atomic E-state index is -3.96. The number of hydrogen-bond acceptors (Lipinski definition) is 7. The van der Waals surface area contributed by atoms with Crippen molar-refractivity contribution in [3.63, 3.8) is 0 Å². The lowest BCUT2D eigenvalue weighted by Gasteiger charge is -2.41. The molecular weight excluding hydrogens is 635 g/mol. The van der Waals surface area contributed by atoms with Gasteiger partial charge >= 0.3 is 0 Å². The Balaban J connectivity index is 1.05. The molecule has 0 aliphatic carbocycles. The number of rotatable bonds is 12. The second kappa shape index (κ2) is 15.8. The van der Waals surface area contributed by atoms with Gasteiger partial charge in [-0.05, 0) is 125 Å². The number of likely N-dealkylation sites (tertiary alicyclic amines) is 1. The smallest absolute Gasteiger partial charge is 0.262 e. The number of carbonyl (C=O) groups excluding carboxylic acids is 1. The van der Waals surface area contributed by atoms with Gasteiger partial charge in [-0.2, -0.15) is 0 Å². The van der Waals surface area contributed by atoms with Gasteiger partial charge in [0.05, 0.1) is 10.6 Å². The number of amides is 1. The number of nitrogens with one attached hydrogen (secondary N) is 2. The van der Waals surface area contributed by atoms with Crippen LogP contribution < -0.4 is 24.6 Å². The molecule has 2 fully saturated rings. The second-order valence-electron chi connectivity index (χ2n) is 12.7. The summed E-state index contributed by atoms with van der Waals surface area (Å²) in [7, 11) is -3.96. The molecule has 2 aliphatic rings. The Labute approximate surface area is 290 Å². The van der Waals surface area contributed by atoms with Crippen LogP contribution in [0.3, 0.4) is 0 Å². The van der Waals surface area contributed by atoms with Gasteiger partial charge in [-0.1, -0.05) is 24.6 Å². The lowest BCUT2D eigenvalue weighted by Crippen LogP contribution is -2.46. The first-order valence-electron chi connectivity index (χ1n) is 17.5. The zero-order chi connectivity index (χ0) is 34.2. The molecular formula is C39H47N5O4S. The van der Waals surface area contributed by atoms with Crippen molar-refractivity contribution in [1.29, 1.82) is 0 Å². The number of piperidine rings is 2. The summed E-state index contributed by atoms with van der Waals surface area (Å²) in [5.74, 6) is 0.679. The lowest BCUT2D eigenvalue weighted by atomic mass is 9.99. The molecule has 4 aromatic carbocycles. The van der Waals surface area contributed by atoms with E-state index in [1.165, 1.54) is 69.5 Å². The topological polar surface area (TPSA) is 94.2 Å². The Bertz CT molecular complexity index is 1800. The first-order valence-corrected chi connectivity index (χ1v) is 19.0. The highest BCUT2D eigenvalue weighted by atomic mass is 32.2. The Kier molecular flexibility index (Phi) is 11.1. The zero-order valence-electron chi connectivity index (χ0n) is 28.5. The summed E-state index contributed by atoms with van der Waals surface area (Å²) >= 11 is 0. The molecule has 0 bridgehead atoms. The molecule has 0 aromatic heterocycles. The van der Waals surface area contributed by atoms with E-state index in [9.17, 15) is 13.2 Å². The molecule has 2 heterocycles. The molecule has 4 aromatic rings. The van der Waals surface area contributed by atoms with E-state index in [-0.39, 0.29) is 10.8 Å². The third kappa shape index (κ3) is 8.55. The Morgan fingerprint density at radius 3 is 2.20 bits per heavy atom. The highest BCUT2D eigenvalue weighted by Gasteiger charge is 2.26. The molecule has 49 heavy (non-hydrogen) atoms. The molecule has 2 saturated heterocycles. The van der Waals surface area contributed by atoms with E-state index < -0.39 is 10.0 Å². The van der Waals surface area contributed by atoms with E-state index in [1.54, 1.807) is 24.3 Å². The van der Waals surface area contributed by atoms with Gasteiger partial charge in [0.25, 0.3) is 15.9 Å². The van der Waals surface area contributed by atoms with Crippen molar-refractivity contribution in [2.45, 2.75) is 56.9 Å². The number of sulfonamides is 1. The number of para-hydroxylation sites is 2. The van der Waals surface area contributed by atoms with Crippen LogP contribution >= 0.6 is 0 Å². The molecule has 0 spiro atoms. The summed E-state index contributed by atoms with van der Waals surface area (Å²) in [6.07, 6.45) is 6.39. The summed E-state index contributed by atoms with van der Waals surface area (Å²) in [5.41, 5.74) is 3.55. The average Bonchev–Trinajstić information content (AvgIpc) is 3.14. The Morgan fingerprint density at radius 2 is 1.51 bits per heavy atom. The van der Waals surface area contributed by atoms with Crippen molar-refractivity contribution in [3.05, 3.63) is 103 Å². The number of anilines is 4. The van der Waals surface area contributed by atoms with Crippen molar-refractivity contribution in [3.8, 4) is 11.5 Å². The van der Waals surface area contributed by atoms with Gasteiger partial charge in [0.1, 0.15) is 5.75 Å². The predicted octanol–water partition coefficient (Wildman–Crippen LogP) is 7.83. The normalized spacial score (nSPS) is 15.8. The SMILES string of the molecule is CCN(CC)c1cccc(Oc2ccccc2NS(=O)(=O)c2ccc(C(=O)Nc3ccc(N4CCC(N5CCCCC5)CC4)cc3)cc2)c1. The van der Waals surface area contributed by atoms with Gasteiger partial charge < -0.3 is 24.8 Å². The number of carbonyl (C=O) groups is 1. The number of ether oxygens (including phenoxy) is 1. The van der Waals surface area contributed by atoms with Gasteiger partial charge in [-0.15, -0.1) is 0 Å². The van der Waals surface area contributed by atoms with Crippen molar-refractivity contribution >= 4 is 38.7 Å². The van der Waals surface area contributed by atoms with Crippen LogP contribution in [0.25, 0.3) is 0 Å². The van der Waals surface area contributed by atoms with Crippen LogP contribution in [0.15, 0.2) is 102 Å². The Hall–Kier alpha value is -4.54. The monoisotopic (exact) mass is 681 g/mol. The molecule has 6 rings (SSSR count). The fourth-order valence-corrected chi connectivity index (χ4v) is 7.89. The molecule has 258 valence electrons. The van der Waals surface area contributed by atoms with Crippen molar-refractivity contribution in [2.75, 3.05) is 59.1 Å². The van der Waals surface area contributed by atoms with E-state index in [2.05, 4.69) is 50.7 Å². The van der Waals surface area contributed by atoms with Crippen LogP contribution in [-0.4, -0.2) is 64.5 Å². The number of benzene rings is 4. The highest BCUT2D eigenvalue weighted by Crippen LogP contribution is 2.33. The highest BCUT2D eigenvalue weighted by molar-refractivity contribution is 7.92. The summed E-state index contributed by atoms with van der Waals surface area (Å²) in [6.45, 7) is 10.5. The number of nitrogens with zero attached hydrogens (tertiary/aromatic N) is 3. The third-order valence-corrected chi connectivity index (χ3v) is 11.0. The third-order valence-electron chi connectivity index (χ3n) is 9.59. The first kappa shape index (κ1) is 34.3. The van der Waals surface area contributed by atoms with Crippen LogP contribution in [0, 0.1) is 0 Å². The van der Waals surface area contributed by atoms with E-state index in [0.29, 0.717) is 34.5 Å². The molecule has 0 unspecified atom stereocenters. The standard InChI is InChI=1S/C39H47N5O4S/c1-3-42(4-2)34-11-10-12-35(29-34)48-38-14-7-6-13-37(38)41-49(46,47)36-21-15-30(16-22-36)39(45)40-31-17-19-32(20-18-31)44-27-23-33(24-28-44)43-25-8-5-9-26-43/h6-7,10-22,29,33,41H,3-5,8-9,23-28H2,1-2H3,(H,40,45). The molecule has 2 aliphatic heterocycles. The largest absolute Gasteiger partial charge is 0.455 e. The zero-order valence-corrected chi connectivity index (χ0v) is 29.3. The van der Waals surface area contributed by atoms with Crippen LogP contribution in [0.2, 0.25) is 0 Å². The summed E-state index contributed by atoms with van der Waals surface area (Å²) in [4.78, 5) is 20.4. The fourth-order valence-electron chi connectivity index (χ4n) is 6.82. The van der Waals surface area contributed by atoms with Gasteiger partial charge in [0.2, 0.25) is 0 Å². The summed E-state index contributed by atoms with van der Waals surface area (Å²) in [5, 5.41) is 2.94. The average molecular weight is 682 g/mol. The number of hydrogen-bond donors (Lipinski definition) is 2. The van der Waals surface area contributed by atoms with E-state index in [4.69, 9.17) is 4.74 Å². The van der Waals surface area contributed by atoms with Crippen molar-refractivity contribution in [1.82, 2.24) is 4.90 Å². The van der Waals surface area contributed by atoms with Gasteiger partial charge in [-0.25, -0.2) is 8.42 Å². The van der Waals surface area contributed by atoms with Crippen LogP contribution in [-0.2, 0) is 10.0 Å². The van der Waals surface area contributed by atoms with Crippen LogP contribution in [0.5, 0.6) is 11.5 Å². The molecule has 1 amide bonds. The maximum absolute atomic E-state index is 13.4. The molecule has 10 heteroatoms. The first-order chi connectivity index (χ1) is 23.8. The van der Waals surface area contributed by atoms with Crippen LogP contribution in [0.4, 0.5) is 22.7 Å². The quantitative estimate of drug-likeness (QED) is 0.157. The van der Waals surface area contributed by atoms with Crippen molar-refractivity contribution in [2.24, 2.45) is 0 Å². The maximum atomic E-state index is 13.4. The molecule has 0 saturated carbocycles. The van der Waals surface area contributed by atoms with Gasteiger partial charge in [-0.3, -0.25) is 9.52 Å². The Morgan fingerprint density at radius 1 is 0.816 bits per heavy atom. The predicted molar refractivity (Wildman–Crippen MR) is 199 cm³/mol. The van der Waals surface area contributed by atoms with Crippen molar-refractivity contribution < 1.29 is 17.9 Å². The molecule has 0 atom stereocenters. The maximum Gasteiger partial charge on any atom is 0.262 e. The minimum absolute atomic E-state index is 0.0378. The molecule has 2 N–H and O–H groups in total. The second-order valence-corrected chi connectivity index (χ2v) is 14.4. The lowest BCUT2D eigenvalue weighted by molar-refractivity contribution is 0.102. The summed E-state index contributed by atoms with van der Waals surface area (Å²) in [6, 6.07) is 29.2. The van der Waals surface area contributed by atoms with Gasteiger partial charge in [0, 0.05) is 60.9 Å². The van der Waals surface area contributed by atoms with E-state index >= 15 is 0 Å². The van der Waals surface area contributed by atoms with Gasteiger partial charge in [0.15, 0.2) is 5.75 Å². The fraction of sp³-hybridized carbons (Fsp3) is 0.359. The molecule has 0 radical (unpaired) electrons.